The van der Waals surface area contributed by atoms with Crippen molar-refractivity contribution < 1.29 is 17.6 Å². The Bertz CT molecular complexity index is 1140. The molecule has 1 N–H and O–H groups in total. The number of rotatable bonds is 2. The highest BCUT2D eigenvalue weighted by molar-refractivity contribution is 9.10. The van der Waals surface area contributed by atoms with E-state index in [-0.39, 0.29) is 5.69 Å². The predicted molar refractivity (Wildman–Crippen MR) is 92.9 cm³/mol. The van der Waals surface area contributed by atoms with Crippen molar-refractivity contribution in [2.75, 3.05) is 5.32 Å². The molecule has 0 atom stereocenters. The molecule has 0 unspecified atom stereocenters. The highest BCUT2D eigenvalue weighted by atomic mass is 79.9. The summed E-state index contributed by atoms with van der Waals surface area (Å²) < 4.78 is 54.5. The van der Waals surface area contributed by atoms with Gasteiger partial charge in [0.1, 0.15) is 5.82 Å². The number of imidazole rings is 1. The van der Waals surface area contributed by atoms with Crippen LogP contribution in [0.25, 0.3) is 16.7 Å². The molecule has 4 rings (SSSR count). The average Bonchev–Trinajstić information content (AvgIpc) is 3.03. The Morgan fingerprint density at radius 1 is 1.12 bits per heavy atom. The van der Waals surface area contributed by atoms with Crippen LogP contribution in [0, 0.1) is 5.82 Å². The lowest BCUT2D eigenvalue weighted by molar-refractivity contribution is -0.139. The highest BCUT2D eigenvalue weighted by Crippen LogP contribution is 2.33. The lowest BCUT2D eigenvalue weighted by atomic mass is 10.2. The number of anilines is 2. The molecule has 9 heteroatoms. The Labute approximate surface area is 152 Å². The summed E-state index contributed by atoms with van der Waals surface area (Å²) in [6.07, 6.45) is -1.43. The Balaban J connectivity index is 1.82. The van der Waals surface area contributed by atoms with Gasteiger partial charge in [0.2, 0.25) is 0 Å². The maximum atomic E-state index is 13.8. The molecular weight excluding hydrogens is 416 g/mol. The number of nitrogens with zero attached hydrogens (tertiary/aromatic N) is 3. The van der Waals surface area contributed by atoms with Gasteiger partial charge in [-0.2, -0.15) is 13.2 Å². The lowest BCUT2D eigenvalue weighted by Crippen LogP contribution is -2.08. The Hall–Kier alpha value is -2.68. The quantitative estimate of drug-likeness (QED) is 0.429. The minimum atomic E-state index is -4.74. The molecule has 0 bridgehead atoms. The molecular formula is C17H9BrF4N4. The molecule has 2 heterocycles. The molecule has 2 aromatic carbocycles. The van der Waals surface area contributed by atoms with E-state index in [4.69, 9.17) is 0 Å². The minimum Gasteiger partial charge on any atom is -0.337 e. The molecule has 4 aromatic rings. The third kappa shape index (κ3) is 2.78. The molecule has 0 aliphatic heterocycles. The van der Waals surface area contributed by atoms with E-state index in [2.05, 4.69) is 31.2 Å². The van der Waals surface area contributed by atoms with Crippen molar-refractivity contribution >= 4 is 44.1 Å². The zero-order chi connectivity index (χ0) is 18.5. The zero-order valence-electron chi connectivity index (χ0n) is 12.9. The summed E-state index contributed by atoms with van der Waals surface area (Å²) >= 11 is 3.46. The molecule has 0 saturated heterocycles. The van der Waals surface area contributed by atoms with Gasteiger partial charge in [0.05, 0.1) is 16.6 Å². The van der Waals surface area contributed by atoms with Gasteiger partial charge >= 0.3 is 6.18 Å². The van der Waals surface area contributed by atoms with Crippen LogP contribution < -0.4 is 5.32 Å². The van der Waals surface area contributed by atoms with E-state index >= 15 is 0 Å². The van der Waals surface area contributed by atoms with Gasteiger partial charge in [-0.1, -0.05) is 6.07 Å². The van der Waals surface area contributed by atoms with E-state index in [0.29, 0.717) is 23.0 Å². The SMILES string of the molecule is Fc1cc(Nc2nc3cccc(Br)c3n3ccnc23)ccc1C(F)(F)F. The van der Waals surface area contributed by atoms with E-state index in [1.807, 2.05) is 12.1 Å². The molecule has 4 nitrogen and oxygen atoms in total. The van der Waals surface area contributed by atoms with Crippen molar-refractivity contribution in [3.8, 4) is 0 Å². The van der Waals surface area contributed by atoms with Crippen LogP contribution in [0.2, 0.25) is 0 Å². The van der Waals surface area contributed by atoms with Crippen LogP contribution in [0.1, 0.15) is 5.56 Å². The topological polar surface area (TPSA) is 42.2 Å². The van der Waals surface area contributed by atoms with E-state index in [0.717, 1.165) is 22.1 Å². The van der Waals surface area contributed by atoms with Crippen LogP contribution in [0.3, 0.4) is 0 Å². The van der Waals surface area contributed by atoms with Crippen LogP contribution in [0.15, 0.2) is 53.3 Å². The van der Waals surface area contributed by atoms with E-state index in [1.54, 1.807) is 22.9 Å². The van der Waals surface area contributed by atoms with Crippen LogP contribution in [-0.2, 0) is 6.18 Å². The molecule has 0 saturated carbocycles. The normalized spacial score (nSPS) is 12.0. The molecule has 0 fully saturated rings. The second-order valence-corrected chi connectivity index (χ2v) is 6.36. The number of aromatic nitrogens is 3. The first kappa shape index (κ1) is 16.8. The summed E-state index contributed by atoms with van der Waals surface area (Å²) in [4.78, 5) is 8.69. The van der Waals surface area contributed by atoms with Gasteiger partial charge in [0, 0.05) is 22.6 Å². The van der Waals surface area contributed by atoms with Crippen LogP contribution in [0.4, 0.5) is 29.1 Å². The van der Waals surface area contributed by atoms with E-state index < -0.39 is 17.6 Å². The molecule has 0 radical (unpaired) electrons. The summed E-state index contributed by atoms with van der Waals surface area (Å²) in [6.45, 7) is 0. The number of fused-ring (bicyclic) bond motifs is 3. The number of benzene rings is 2. The number of para-hydroxylation sites is 1. The van der Waals surface area contributed by atoms with Gasteiger partial charge in [0.15, 0.2) is 11.5 Å². The molecule has 132 valence electrons. The second kappa shape index (κ2) is 5.94. The first-order valence-corrected chi connectivity index (χ1v) is 8.19. The summed E-state index contributed by atoms with van der Waals surface area (Å²) in [7, 11) is 0. The standard InChI is InChI=1S/C17H9BrF4N4/c18-11-2-1-3-13-14(11)26-7-6-23-16(26)15(25-13)24-9-4-5-10(12(19)8-9)17(20,21)22/h1-8H,(H,24,25). The fourth-order valence-corrected chi connectivity index (χ4v) is 3.25. The van der Waals surface area contributed by atoms with Crippen molar-refractivity contribution in [2.45, 2.75) is 6.18 Å². The van der Waals surface area contributed by atoms with Gasteiger partial charge in [-0.3, -0.25) is 4.40 Å². The van der Waals surface area contributed by atoms with Crippen LogP contribution in [-0.4, -0.2) is 14.4 Å². The average molecular weight is 425 g/mol. The first-order chi connectivity index (χ1) is 12.3. The van der Waals surface area contributed by atoms with Gasteiger partial charge in [-0.15, -0.1) is 0 Å². The van der Waals surface area contributed by atoms with Crippen molar-refractivity contribution in [3.05, 3.63) is 64.6 Å². The number of alkyl halides is 3. The van der Waals surface area contributed by atoms with E-state index in [9.17, 15) is 17.6 Å². The molecule has 26 heavy (non-hydrogen) atoms. The third-order valence-corrected chi connectivity index (χ3v) is 4.47. The molecule has 2 aromatic heterocycles. The maximum absolute atomic E-state index is 13.8. The monoisotopic (exact) mass is 424 g/mol. The lowest BCUT2D eigenvalue weighted by Gasteiger charge is -2.12. The summed E-state index contributed by atoms with van der Waals surface area (Å²) in [5.74, 6) is -1.05. The summed E-state index contributed by atoms with van der Waals surface area (Å²) in [6, 6.07) is 8.09. The minimum absolute atomic E-state index is 0.141. The molecule has 0 aliphatic carbocycles. The first-order valence-electron chi connectivity index (χ1n) is 7.39. The van der Waals surface area contributed by atoms with E-state index in [1.165, 1.54) is 0 Å². The predicted octanol–water partition coefficient (Wildman–Crippen LogP) is 5.55. The maximum Gasteiger partial charge on any atom is 0.419 e. The fraction of sp³-hybridized carbons (Fsp3) is 0.0588. The number of hydrogen-bond donors (Lipinski definition) is 1. The summed E-state index contributed by atoms with van der Waals surface area (Å²) in [5.41, 5.74) is 0.722. The Kier molecular flexibility index (Phi) is 3.83. The second-order valence-electron chi connectivity index (χ2n) is 5.51. The Morgan fingerprint density at radius 2 is 1.92 bits per heavy atom. The van der Waals surface area contributed by atoms with Gasteiger partial charge in [-0.25, -0.2) is 14.4 Å². The molecule has 0 amide bonds. The fourth-order valence-electron chi connectivity index (χ4n) is 2.71. The van der Waals surface area contributed by atoms with Gasteiger partial charge in [-0.05, 0) is 46.3 Å². The Morgan fingerprint density at radius 3 is 2.65 bits per heavy atom. The largest absolute Gasteiger partial charge is 0.419 e. The molecule has 0 aliphatic rings. The number of halogens is 5. The smallest absolute Gasteiger partial charge is 0.337 e. The van der Waals surface area contributed by atoms with Gasteiger partial charge < -0.3 is 5.32 Å². The van der Waals surface area contributed by atoms with Crippen LogP contribution in [0.5, 0.6) is 0 Å². The van der Waals surface area contributed by atoms with Crippen molar-refractivity contribution in [2.24, 2.45) is 0 Å². The summed E-state index contributed by atoms with van der Waals surface area (Å²) in [5, 5.41) is 2.85. The molecule has 0 spiro atoms. The van der Waals surface area contributed by atoms with Gasteiger partial charge in [0.25, 0.3) is 0 Å². The van der Waals surface area contributed by atoms with Crippen LogP contribution >= 0.6 is 15.9 Å². The third-order valence-electron chi connectivity index (χ3n) is 3.83. The zero-order valence-corrected chi connectivity index (χ0v) is 14.4. The number of hydrogen-bond acceptors (Lipinski definition) is 3. The van der Waals surface area contributed by atoms with Crippen molar-refractivity contribution in [1.82, 2.24) is 14.4 Å². The van der Waals surface area contributed by atoms with Crippen molar-refractivity contribution in [3.63, 3.8) is 0 Å². The highest BCUT2D eigenvalue weighted by Gasteiger charge is 2.34. The number of nitrogens with one attached hydrogen (secondary N) is 1. The van der Waals surface area contributed by atoms with Crippen molar-refractivity contribution in [1.29, 1.82) is 0 Å².